The van der Waals surface area contributed by atoms with Crippen molar-refractivity contribution in [2.45, 2.75) is 26.7 Å². The Morgan fingerprint density at radius 2 is 0.836 bits per heavy atom. The number of nitrogens with zero attached hydrogens (tertiary/aromatic N) is 10. The van der Waals surface area contributed by atoms with Crippen LogP contribution in [0.5, 0.6) is 0 Å². The predicted molar refractivity (Wildman–Crippen MR) is 262 cm³/mol. The number of aryl methyl sites for hydroxylation is 4. The Balaban J connectivity index is 0.000000127. The van der Waals surface area contributed by atoms with Gasteiger partial charge in [0.05, 0.1) is 72.8 Å². The number of benzene rings is 5. The summed E-state index contributed by atoms with van der Waals surface area (Å²) in [5.41, 5.74) is 13.6. The summed E-state index contributed by atoms with van der Waals surface area (Å²) in [7, 11) is 0. The van der Waals surface area contributed by atoms with Crippen molar-refractivity contribution in [2.24, 2.45) is 0 Å². The van der Waals surface area contributed by atoms with Crippen molar-refractivity contribution in [2.75, 3.05) is 0 Å². The van der Waals surface area contributed by atoms with E-state index in [-0.39, 0.29) is 0 Å². The summed E-state index contributed by atoms with van der Waals surface area (Å²) in [6.45, 7) is 3.95. The largest absolute Gasteiger partial charge is 0.254 e. The van der Waals surface area contributed by atoms with Gasteiger partial charge in [-0.3, -0.25) is 39.7 Å². The first kappa shape index (κ1) is 45.1. The molecule has 7 aromatic heterocycles. The minimum absolute atomic E-state index is 0.369. The molecular weight excluding hydrogens is 904 g/mol. The van der Waals surface area contributed by atoms with Gasteiger partial charge in [-0.05, 0) is 87.4 Å². The first-order chi connectivity index (χ1) is 32.9. The summed E-state index contributed by atoms with van der Waals surface area (Å²) in [5.74, 6) is 0. The molecule has 0 aliphatic rings. The Hall–Kier alpha value is -8.45. The van der Waals surface area contributed by atoms with Gasteiger partial charge in [0, 0.05) is 57.7 Å². The molecule has 0 fully saturated rings. The van der Waals surface area contributed by atoms with E-state index in [4.69, 9.17) is 17.6 Å². The van der Waals surface area contributed by atoms with Gasteiger partial charge < -0.3 is 0 Å². The van der Waals surface area contributed by atoms with E-state index >= 15 is 0 Å². The maximum Gasteiger partial charge on any atom is 0.0967 e. The maximum absolute atomic E-state index is 10.3. The molecule has 12 aromatic rings. The van der Waals surface area contributed by atoms with Crippen LogP contribution in [0.1, 0.15) is 33.3 Å². The molecule has 0 radical (unpaired) electrons. The number of para-hydroxylation sites is 6. The number of hydrogen-bond donors (Lipinski definition) is 0. The number of pyridine rings is 4. The van der Waals surface area contributed by atoms with Crippen LogP contribution >= 0.6 is 0 Å². The summed E-state index contributed by atoms with van der Waals surface area (Å²) in [6.07, 6.45) is 11.1. The third kappa shape index (κ3) is 11.4. The molecule has 0 bridgehead atoms. The minimum atomic E-state index is -1.62. The van der Waals surface area contributed by atoms with Gasteiger partial charge in [-0.15, -0.1) is 0 Å². The molecule has 0 spiro atoms. The zero-order chi connectivity index (χ0) is 46.4. The van der Waals surface area contributed by atoms with Crippen molar-refractivity contribution in [1.29, 1.82) is 0 Å². The third-order valence-corrected chi connectivity index (χ3v) is 10.4. The van der Waals surface area contributed by atoms with Gasteiger partial charge in [-0.1, -0.05) is 84.9 Å². The van der Waals surface area contributed by atoms with E-state index < -0.39 is 14.8 Å². The normalized spacial score (nSPS) is 10.5. The molecule has 0 unspecified atom stereocenters. The van der Waals surface area contributed by atoms with Gasteiger partial charge in [-0.2, -0.15) is 0 Å². The van der Waals surface area contributed by atoms with Crippen LogP contribution in [0.4, 0.5) is 0 Å². The summed E-state index contributed by atoms with van der Waals surface area (Å²) in [5, 5.41) is 4.52. The van der Waals surface area contributed by atoms with Crippen LogP contribution in [0, 0.1) is 13.8 Å². The van der Waals surface area contributed by atoms with Crippen LogP contribution in [0.15, 0.2) is 177 Å². The zero-order valence-electron chi connectivity index (χ0n) is 36.3. The Morgan fingerprint density at radius 1 is 0.388 bits per heavy atom. The van der Waals surface area contributed by atoms with E-state index in [9.17, 15) is 4.79 Å². The van der Waals surface area contributed by atoms with Crippen molar-refractivity contribution in [3.05, 3.63) is 205 Å². The molecule has 326 valence electrons. The number of aldehydes is 1. The Labute approximate surface area is 390 Å². The second-order valence-electron chi connectivity index (χ2n) is 15.0. The molecule has 5 aromatic carbocycles. The van der Waals surface area contributed by atoms with Crippen LogP contribution in [0.2, 0.25) is 0 Å². The van der Waals surface area contributed by atoms with E-state index in [1.165, 1.54) is 6.20 Å². The first-order valence-electron chi connectivity index (χ1n) is 21.1. The summed E-state index contributed by atoms with van der Waals surface area (Å²) >= 11 is -1.62. The average molecular weight is 944 g/mol. The molecule has 7 heterocycles. The van der Waals surface area contributed by atoms with E-state index in [0.717, 1.165) is 112 Å². The van der Waals surface area contributed by atoms with Gasteiger partial charge in [-0.25, -0.2) is 15.0 Å². The van der Waals surface area contributed by atoms with Crippen molar-refractivity contribution < 1.29 is 12.5 Å². The fourth-order valence-corrected chi connectivity index (χ4v) is 7.17. The number of carbonyl (C=O) groups is 1. The number of rotatable bonds is 4. The molecular formula is C53H40N10O3Se. The first-order valence-corrected chi connectivity index (χ1v) is 22.5. The number of hydrogen-bond acceptors (Lipinski definition) is 13. The quantitative estimate of drug-likeness (QED) is 0.0925. The molecule has 12 rings (SSSR count). The topological polar surface area (TPSA) is 180 Å². The molecule has 14 heteroatoms. The second-order valence-corrected chi connectivity index (χ2v) is 15.3. The van der Waals surface area contributed by atoms with Gasteiger partial charge in [0.2, 0.25) is 0 Å². The zero-order valence-corrected chi connectivity index (χ0v) is 38.1. The number of aromatic nitrogens is 10. The molecule has 13 nitrogen and oxygen atoms in total. The van der Waals surface area contributed by atoms with Crippen LogP contribution in [-0.4, -0.2) is 70.9 Å². The van der Waals surface area contributed by atoms with Crippen LogP contribution < -0.4 is 0 Å². The molecule has 0 amide bonds. The van der Waals surface area contributed by atoms with E-state index in [1.807, 2.05) is 123 Å². The molecule has 0 aliphatic heterocycles. The second kappa shape index (κ2) is 22.0. The molecule has 0 saturated carbocycles. The van der Waals surface area contributed by atoms with Crippen molar-refractivity contribution in [3.8, 4) is 0 Å². The predicted octanol–water partition coefficient (Wildman–Crippen LogP) is 10.4. The van der Waals surface area contributed by atoms with Gasteiger partial charge in [0.25, 0.3) is 0 Å². The van der Waals surface area contributed by atoms with Crippen LogP contribution in [0.25, 0.3) is 76.7 Å². The van der Waals surface area contributed by atoms with Crippen molar-refractivity contribution in [3.63, 3.8) is 0 Å². The Bertz CT molecular complexity index is 3720. The summed E-state index contributed by atoms with van der Waals surface area (Å²) in [4.78, 5) is 54.5. The fourth-order valence-electron chi connectivity index (χ4n) is 7.17. The Morgan fingerprint density at radius 3 is 1.42 bits per heavy atom. The molecule has 0 aliphatic carbocycles. The van der Waals surface area contributed by atoms with Crippen molar-refractivity contribution >= 4 is 97.8 Å². The van der Waals surface area contributed by atoms with Crippen molar-refractivity contribution in [1.82, 2.24) is 49.8 Å². The minimum Gasteiger partial charge on any atom is -0.254 e. The molecule has 0 atom stereocenters. The molecule has 67 heavy (non-hydrogen) atoms. The third-order valence-electron chi connectivity index (χ3n) is 10.4. The summed E-state index contributed by atoms with van der Waals surface area (Å²) in [6, 6.07) is 48.0. The average Bonchev–Trinajstić information content (AvgIpc) is 3.38. The standard InChI is InChI=1S/C22H16N4.C13H10N2.C9H6N2O.C9H8N2.O2Se/c1-2-6-20-19(5-1)24-14-18(25-20)12-11-17-10-9-16-8-7-15-4-3-13-23-21(15)22(16)26-17;1-9-4-5-11-7-6-10-3-2-8-14-12(10)13(11)15-9;12-6-7-5-10-8-3-1-2-4-9(8)11-7;1-7-6-10-8-4-2-3-5-9(8)11-7;1-3-2/h1-10,13-14H,11-12H2;2-8H,1H3;1-6H;2-6H,1H3;. The molecule has 0 N–H and O–H groups in total. The smallest absolute Gasteiger partial charge is 0.0967 e. The van der Waals surface area contributed by atoms with Gasteiger partial charge in [0.15, 0.2) is 6.29 Å². The summed E-state index contributed by atoms with van der Waals surface area (Å²) < 4.78 is 16.9. The van der Waals surface area contributed by atoms with Crippen LogP contribution in [0.3, 0.4) is 0 Å². The molecule has 0 saturated heterocycles. The monoisotopic (exact) mass is 944 g/mol. The fraction of sp³-hybridized carbons (Fsp3) is 0.0755. The number of fused-ring (bicyclic) bond motifs is 9. The SMILES string of the molecule is Cc1ccc2ccc3cccnc3c2n1.Cc1cnc2ccccc2n1.O=Cc1cnc2ccccc2n1.O=[Se]=O.c1cnc2c(c1)ccc1ccc(CCc3cnc4ccccc4n3)nc12. The Kier molecular flexibility index (Phi) is 14.8. The van der Waals surface area contributed by atoms with E-state index in [2.05, 4.69) is 94.5 Å². The van der Waals surface area contributed by atoms with Gasteiger partial charge >= 0.3 is 22.5 Å². The van der Waals surface area contributed by atoms with E-state index in [0.29, 0.717) is 12.0 Å². The van der Waals surface area contributed by atoms with Crippen LogP contribution in [-0.2, 0) is 20.5 Å². The maximum atomic E-state index is 10.3. The number of carbonyl (C=O) groups excluding carboxylic acids is 1. The van der Waals surface area contributed by atoms with Gasteiger partial charge in [0.1, 0.15) is 5.69 Å². The van der Waals surface area contributed by atoms with E-state index in [1.54, 1.807) is 6.20 Å².